The molecule has 0 aromatic heterocycles. The first kappa shape index (κ1) is 27.9. The lowest BCUT2D eigenvalue weighted by atomic mass is 10.1. The van der Waals surface area contributed by atoms with Crippen molar-refractivity contribution in [1.29, 1.82) is 0 Å². The lowest BCUT2D eigenvalue weighted by molar-refractivity contribution is -0.127. The van der Waals surface area contributed by atoms with Crippen molar-refractivity contribution in [3.63, 3.8) is 0 Å². The Hall–Kier alpha value is -3.15. The van der Waals surface area contributed by atoms with E-state index in [9.17, 15) is 18.8 Å². The fourth-order valence-electron chi connectivity index (χ4n) is 3.49. The van der Waals surface area contributed by atoms with Gasteiger partial charge in [0.1, 0.15) is 19.0 Å². The first-order valence-electron chi connectivity index (χ1n) is 11.4. The third-order valence-corrected chi connectivity index (χ3v) is 7.44. The molecule has 3 amide bonds. The summed E-state index contributed by atoms with van der Waals surface area (Å²) >= 11 is 7.60. The summed E-state index contributed by atoms with van der Waals surface area (Å²) in [7, 11) is 0. The van der Waals surface area contributed by atoms with Gasteiger partial charge in [-0.05, 0) is 104 Å². The van der Waals surface area contributed by atoms with Crippen molar-refractivity contribution >= 4 is 72.4 Å². The molecule has 1 fully saturated rings. The molecule has 0 spiro atoms. The lowest BCUT2D eigenvalue weighted by Crippen LogP contribution is -2.36. The standard InChI is InChI=1S/C27H21Br2FN2O5S/c1-2-36-22-12-17(11-20(29)25(22)37-15-16-7-9-18(30)10-8-16)13-23-26(34)32(27(35)38-23)14-24(33)31-21-6-4-3-5-19(21)28/h3-13H,2,14-15H2,1H3,(H,31,33)/b23-13-. The molecule has 38 heavy (non-hydrogen) atoms. The molecule has 11 heteroatoms. The van der Waals surface area contributed by atoms with E-state index in [0.29, 0.717) is 38.3 Å². The second-order valence-corrected chi connectivity index (χ2v) is 10.7. The van der Waals surface area contributed by atoms with E-state index >= 15 is 0 Å². The van der Waals surface area contributed by atoms with Crippen molar-refractivity contribution in [3.8, 4) is 11.5 Å². The molecular weight excluding hydrogens is 643 g/mol. The zero-order chi connectivity index (χ0) is 27.2. The van der Waals surface area contributed by atoms with E-state index in [1.54, 1.807) is 54.6 Å². The molecule has 3 aromatic rings. The number of nitrogens with zero attached hydrogens (tertiary/aromatic N) is 1. The molecule has 0 bridgehead atoms. The fraction of sp³-hybridized carbons (Fsp3) is 0.148. The van der Waals surface area contributed by atoms with Crippen LogP contribution in [0.1, 0.15) is 18.1 Å². The quantitative estimate of drug-likeness (QED) is 0.248. The molecule has 0 unspecified atom stereocenters. The van der Waals surface area contributed by atoms with Crippen LogP contribution >= 0.6 is 43.6 Å². The van der Waals surface area contributed by atoms with Gasteiger partial charge in [0.25, 0.3) is 11.1 Å². The molecular formula is C27H21Br2FN2O5S. The highest BCUT2D eigenvalue weighted by Gasteiger charge is 2.36. The van der Waals surface area contributed by atoms with Gasteiger partial charge in [-0.3, -0.25) is 19.3 Å². The number of imide groups is 1. The molecule has 1 N–H and O–H groups in total. The Morgan fingerprint density at radius 2 is 1.79 bits per heavy atom. The van der Waals surface area contributed by atoms with E-state index in [4.69, 9.17) is 9.47 Å². The van der Waals surface area contributed by atoms with Gasteiger partial charge in [-0.2, -0.15) is 0 Å². The number of thioether (sulfide) groups is 1. The van der Waals surface area contributed by atoms with E-state index in [1.807, 2.05) is 6.92 Å². The van der Waals surface area contributed by atoms with E-state index in [2.05, 4.69) is 37.2 Å². The summed E-state index contributed by atoms with van der Waals surface area (Å²) in [5, 5.41) is 2.15. The molecule has 0 radical (unpaired) electrons. The van der Waals surface area contributed by atoms with Gasteiger partial charge in [0.2, 0.25) is 5.91 Å². The molecule has 1 saturated heterocycles. The molecule has 0 aliphatic carbocycles. The monoisotopic (exact) mass is 662 g/mol. The van der Waals surface area contributed by atoms with Gasteiger partial charge < -0.3 is 14.8 Å². The second kappa shape index (κ2) is 12.6. The largest absolute Gasteiger partial charge is 0.490 e. The van der Waals surface area contributed by atoms with Crippen molar-refractivity contribution in [2.45, 2.75) is 13.5 Å². The lowest BCUT2D eigenvalue weighted by Gasteiger charge is -2.15. The molecule has 3 aromatic carbocycles. The number of nitrogens with one attached hydrogen (secondary N) is 1. The zero-order valence-electron chi connectivity index (χ0n) is 20.0. The normalized spacial score (nSPS) is 14.2. The highest BCUT2D eigenvalue weighted by molar-refractivity contribution is 9.11. The summed E-state index contributed by atoms with van der Waals surface area (Å²) in [6.07, 6.45) is 1.56. The number of hydrogen-bond donors (Lipinski definition) is 1. The van der Waals surface area contributed by atoms with Crippen LogP contribution in [0.5, 0.6) is 11.5 Å². The van der Waals surface area contributed by atoms with E-state index in [1.165, 1.54) is 12.1 Å². The van der Waals surface area contributed by atoms with Crippen LogP contribution in [0.2, 0.25) is 0 Å². The van der Waals surface area contributed by atoms with Gasteiger partial charge in [-0.15, -0.1) is 0 Å². The van der Waals surface area contributed by atoms with E-state index in [0.717, 1.165) is 22.2 Å². The van der Waals surface area contributed by atoms with Crippen LogP contribution in [0.4, 0.5) is 14.9 Å². The van der Waals surface area contributed by atoms with Crippen molar-refractivity contribution in [1.82, 2.24) is 4.90 Å². The van der Waals surface area contributed by atoms with Gasteiger partial charge in [-0.25, -0.2) is 4.39 Å². The molecule has 1 aliphatic heterocycles. The van der Waals surface area contributed by atoms with Crippen LogP contribution in [0.25, 0.3) is 6.08 Å². The predicted molar refractivity (Wildman–Crippen MR) is 151 cm³/mol. The van der Waals surface area contributed by atoms with Crippen LogP contribution in [-0.4, -0.2) is 35.1 Å². The topological polar surface area (TPSA) is 84.9 Å². The molecule has 4 rings (SSSR count). The minimum absolute atomic E-state index is 0.179. The molecule has 0 atom stereocenters. The maximum Gasteiger partial charge on any atom is 0.294 e. The number of anilines is 1. The van der Waals surface area contributed by atoms with Gasteiger partial charge in [0, 0.05) is 4.47 Å². The number of benzene rings is 3. The molecule has 196 valence electrons. The average Bonchev–Trinajstić information content (AvgIpc) is 3.13. The van der Waals surface area contributed by atoms with Gasteiger partial charge in [0.15, 0.2) is 11.5 Å². The third-order valence-electron chi connectivity index (χ3n) is 5.25. The summed E-state index contributed by atoms with van der Waals surface area (Å²) in [6, 6.07) is 16.5. The molecule has 1 heterocycles. The summed E-state index contributed by atoms with van der Waals surface area (Å²) in [5.41, 5.74) is 1.91. The van der Waals surface area contributed by atoms with Crippen molar-refractivity contribution < 1.29 is 28.2 Å². The molecule has 1 aliphatic rings. The first-order chi connectivity index (χ1) is 18.2. The van der Waals surface area contributed by atoms with Gasteiger partial charge in [0.05, 0.1) is 21.7 Å². The number of amides is 3. The van der Waals surface area contributed by atoms with Crippen molar-refractivity contribution in [2.24, 2.45) is 0 Å². The zero-order valence-corrected chi connectivity index (χ0v) is 24.0. The minimum atomic E-state index is -0.562. The second-order valence-electron chi connectivity index (χ2n) is 7.97. The Labute approximate surface area is 239 Å². The molecule has 0 saturated carbocycles. The molecule has 7 nitrogen and oxygen atoms in total. The predicted octanol–water partition coefficient (Wildman–Crippen LogP) is 7.00. The number of carbonyl (C=O) groups is 3. The summed E-state index contributed by atoms with van der Waals surface area (Å²) < 4.78 is 26.1. The van der Waals surface area contributed by atoms with Crippen molar-refractivity contribution in [3.05, 3.63) is 91.5 Å². The Morgan fingerprint density at radius 1 is 1.05 bits per heavy atom. The Bertz CT molecular complexity index is 1420. The SMILES string of the molecule is CCOc1cc(/C=C2\SC(=O)N(CC(=O)Nc3ccccc3Br)C2=O)cc(Br)c1OCc1ccc(F)cc1. The van der Waals surface area contributed by atoms with Crippen LogP contribution < -0.4 is 14.8 Å². The van der Waals surface area contributed by atoms with Crippen LogP contribution in [0.3, 0.4) is 0 Å². The van der Waals surface area contributed by atoms with E-state index in [-0.39, 0.29) is 17.3 Å². The fourth-order valence-corrected chi connectivity index (χ4v) is 5.29. The smallest absolute Gasteiger partial charge is 0.294 e. The number of para-hydroxylation sites is 1. The van der Waals surface area contributed by atoms with Gasteiger partial charge >= 0.3 is 0 Å². The maximum absolute atomic E-state index is 13.2. The summed E-state index contributed by atoms with van der Waals surface area (Å²) in [6.45, 7) is 1.98. The Kier molecular flexibility index (Phi) is 9.24. The Morgan fingerprint density at radius 3 is 2.50 bits per heavy atom. The van der Waals surface area contributed by atoms with Crippen LogP contribution in [0, 0.1) is 5.82 Å². The maximum atomic E-state index is 13.2. The van der Waals surface area contributed by atoms with Crippen molar-refractivity contribution in [2.75, 3.05) is 18.5 Å². The van der Waals surface area contributed by atoms with Crippen LogP contribution in [0.15, 0.2) is 74.5 Å². The number of ether oxygens (including phenoxy) is 2. The van der Waals surface area contributed by atoms with Crippen LogP contribution in [-0.2, 0) is 16.2 Å². The minimum Gasteiger partial charge on any atom is -0.490 e. The number of carbonyl (C=O) groups excluding carboxylic acids is 3. The number of hydrogen-bond acceptors (Lipinski definition) is 6. The first-order valence-corrected chi connectivity index (χ1v) is 13.8. The summed E-state index contributed by atoms with van der Waals surface area (Å²) in [4.78, 5) is 39.1. The third kappa shape index (κ3) is 6.83. The van der Waals surface area contributed by atoms with Gasteiger partial charge in [-0.1, -0.05) is 24.3 Å². The highest BCUT2D eigenvalue weighted by atomic mass is 79.9. The number of halogens is 3. The summed E-state index contributed by atoms with van der Waals surface area (Å²) in [5.74, 6) is -0.506. The van der Waals surface area contributed by atoms with E-state index < -0.39 is 23.6 Å². The number of rotatable bonds is 9. The Balaban J connectivity index is 1.49. The highest BCUT2D eigenvalue weighted by Crippen LogP contribution is 2.39. The average molecular weight is 664 g/mol.